The van der Waals surface area contributed by atoms with Crippen LogP contribution in [0.5, 0.6) is 0 Å². The number of hydrogen-bond donors (Lipinski definition) is 1. The Morgan fingerprint density at radius 1 is 0.727 bits per heavy atom. The number of esters is 1. The van der Waals surface area contributed by atoms with Gasteiger partial charge in [0.2, 0.25) is 0 Å². The fourth-order valence-electron chi connectivity index (χ4n) is 3.99. The van der Waals surface area contributed by atoms with Gasteiger partial charge in [0.05, 0.1) is 6.61 Å². The van der Waals surface area contributed by atoms with E-state index in [1.807, 2.05) is 19.1 Å². The van der Waals surface area contributed by atoms with Crippen LogP contribution in [0.4, 0.5) is 0 Å². The first-order valence-electron chi connectivity index (χ1n) is 13.6. The van der Waals surface area contributed by atoms with Crippen molar-refractivity contribution in [2.24, 2.45) is 0 Å². The van der Waals surface area contributed by atoms with Gasteiger partial charge in [-0.1, -0.05) is 121 Å². The zero-order valence-corrected chi connectivity index (χ0v) is 21.6. The number of benzene rings is 1. The molecule has 4 nitrogen and oxygen atoms in total. The highest BCUT2D eigenvalue weighted by atomic mass is 16.5. The van der Waals surface area contributed by atoms with Gasteiger partial charge in [0.25, 0.3) is 5.91 Å². The Hall–Kier alpha value is -1.84. The van der Waals surface area contributed by atoms with E-state index >= 15 is 0 Å². The minimum atomic E-state index is -0.639. The van der Waals surface area contributed by atoms with Gasteiger partial charge in [-0.05, 0) is 32.4 Å². The molecule has 0 aliphatic rings. The summed E-state index contributed by atoms with van der Waals surface area (Å²) >= 11 is 0. The molecular formula is C29H49NO3. The third-order valence-electron chi connectivity index (χ3n) is 6.26. The number of carbonyl (C=O) groups excluding carboxylic acids is 2. The molecular weight excluding hydrogens is 410 g/mol. The third kappa shape index (κ3) is 15.6. The highest BCUT2D eigenvalue weighted by Crippen LogP contribution is 2.13. The molecule has 1 N–H and O–H groups in total. The van der Waals surface area contributed by atoms with Gasteiger partial charge in [-0.2, -0.15) is 0 Å². The molecule has 0 saturated carbocycles. The van der Waals surface area contributed by atoms with Crippen LogP contribution in [0.15, 0.2) is 24.3 Å². The molecule has 1 aromatic carbocycles. The summed E-state index contributed by atoms with van der Waals surface area (Å²) in [6, 6.07) is 6.66. The SMILES string of the molecule is CCCCCCCCCCCCCCCCCCOC(=O)C(C)NC(=O)c1ccc(C)cc1. The summed E-state index contributed by atoms with van der Waals surface area (Å²) in [6.07, 6.45) is 21.2. The number of rotatable bonds is 20. The Morgan fingerprint density at radius 2 is 1.15 bits per heavy atom. The zero-order valence-electron chi connectivity index (χ0n) is 21.6. The maximum atomic E-state index is 12.2. The predicted molar refractivity (Wildman–Crippen MR) is 139 cm³/mol. The minimum absolute atomic E-state index is 0.248. The predicted octanol–water partition coefficient (Wildman–Crippen LogP) is 7.92. The minimum Gasteiger partial charge on any atom is -0.464 e. The molecule has 1 amide bonds. The number of amides is 1. The molecule has 0 spiro atoms. The second kappa shape index (κ2) is 19.6. The van der Waals surface area contributed by atoms with Crippen LogP contribution in [-0.4, -0.2) is 24.5 Å². The second-order valence-corrected chi connectivity index (χ2v) is 9.53. The Balaban J connectivity index is 1.89. The van der Waals surface area contributed by atoms with E-state index in [1.54, 1.807) is 19.1 Å². The third-order valence-corrected chi connectivity index (χ3v) is 6.26. The van der Waals surface area contributed by atoms with Gasteiger partial charge < -0.3 is 10.1 Å². The molecule has 0 bridgehead atoms. The maximum Gasteiger partial charge on any atom is 0.328 e. The molecule has 188 valence electrons. The first kappa shape index (κ1) is 29.2. The molecule has 1 aromatic rings. The van der Waals surface area contributed by atoms with Gasteiger partial charge in [0.15, 0.2) is 0 Å². The highest BCUT2D eigenvalue weighted by molar-refractivity contribution is 5.96. The van der Waals surface area contributed by atoms with Crippen LogP contribution in [0.2, 0.25) is 0 Å². The van der Waals surface area contributed by atoms with Crippen LogP contribution >= 0.6 is 0 Å². The fourth-order valence-corrected chi connectivity index (χ4v) is 3.99. The summed E-state index contributed by atoms with van der Waals surface area (Å²) in [5.41, 5.74) is 1.65. The number of ether oxygens (including phenoxy) is 1. The molecule has 0 aromatic heterocycles. The Labute approximate surface area is 203 Å². The number of carbonyl (C=O) groups is 2. The largest absolute Gasteiger partial charge is 0.464 e. The van der Waals surface area contributed by atoms with Gasteiger partial charge in [-0.25, -0.2) is 4.79 Å². The van der Waals surface area contributed by atoms with Gasteiger partial charge in [-0.15, -0.1) is 0 Å². The van der Waals surface area contributed by atoms with E-state index in [-0.39, 0.29) is 11.9 Å². The van der Waals surface area contributed by atoms with Gasteiger partial charge in [0.1, 0.15) is 6.04 Å². The molecule has 0 fully saturated rings. The van der Waals surface area contributed by atoms with E-state index in [2.05, 4.69) is 12.2 Å². The van der Waals surface area contributed by atoms with Crippen molar-refractivity contribution >= 4 is 11.9 Å². The van der Waals surface area contributed by atoms with Crippen molar-refractivity contribution in [3.8, 4) is 0 Å². The Bertz CT molecular complexity index is 626. The van der Waals surface area contributed by atoms with E-state index in [0.29, 0.717) is 12.2 Å². The molecule has 0 radical (unpaired) electrons. The van der Waals surface area contributed by atoms with Crippen LogP contribution < -0.4 is 5.32 Å². The summed E-state index contributed by atoms with van der Waals surface area (Å²) in [7, 11) is 0. The quantitative estimate of drug-likeness (QED) is 0.159. The van der Waals surface area contributed by atoms with Gasteiger partial charge in [0, 0.05) is 5.56 Å². The topological polar surface area (TPSA) is 55.4 Å². The van der Waals surface area contributed by atoms with Crippen LogP contribution in [0.1, 0.15) is 133 Å². The summed E-state index contributed by atoms with van der Waals surface area (Å²) in [5, 5.41) is 2.71. The summed E-state index contributed by atoms with van der Waals surface area (Å²) in [4.78, 5) is 24.3. The molecule has 0 saturated heterocycles. The molecule has 0 heterocycles. The monoisotopic (exact) mass is 459 g/mol. The molecule has 1 atom stereocenters. The number of hydrogen-bond acceptors (Lipinski definition) is 3. The molecule has 33 heavy (non-hydrogen) atoms. The van der Waals surface area contributed by atoms with Crippen molar-refractivity contribution in [2.45, 2.75) is 130 Å². The van der Waals surface area contributed by atoms with Crippen LogP contribution in [0.3, 0.4) is 0 Å². The average molecular weight is 460 g/mol. The van der Waals surface area contributed by atoms with Gasteiger partial charge >= 0.3 is 5.97 Å². The lowest BCUT2D eigenvalue weighted by Crippen LogP contribution is -2.39. The summed E-state index contributed by atoms with van der Waals surface area (Å²) < 4.78 is 5.33. The second-order valence-electron chi connectivity index (χ2n) is 9.53. The van der Waals surface area contributed by atoms with Crippen molar-refractivity contribution in [1.29, 1.82) is 0 Å². The summed E-state index contributed by atoms with van der Waals surface area (Å²) in [6.45, 7) is 6.35. The molecule has 1 rings (SSSR count). The fraction of sp³-hybridized carbons (Fsp3) is 0.724. The van der Waals surface area contributed by atoms with E-state index in [9.17, 15) is 9.59 Å². The van der Waals surface area contributed by atoms with E-state index in [1.165, 1.54) is 89.9 Å². The first-order valence-corrected chi connectivity index (χ1v) is 13.6. The van der Waals surface area contributed by atoms with E-state index in [0.717, 1.165) is 18.4 Å². The van der Waals surface area contributed by atoms with Crippen LogP contribution in [0, 0.1) is 6.92 Å². The van der Waals surface area contributed by atoms with Crippen LogP contribution in [0.25, 0.3) is 0 Å². The lowest BCUT2D eigenvalue weighted by Gasteiger charge is -2.13. The standard InChI is InChI=1S/C29H49NO3/c1-4-5-6-7-8-9-10-11-12-13-14-15-16-17-18-19-24-33-29(32)26(3)30-28(31)27-22-20-25(2)21-23-27/h20-23,26H,4-19,24H2,1-3H3,(H,30,31). The number of aryl methyl sites for hydroxylation is 1. The zero-order chi connectivity index (χ0) is 24.2. The lowest BCUT2D eigenvalue weighted by molar-refractivity contribution is -0.145. The average Bonchev–Trinajstić information content (AvgIpc) is 2.81. The maximum absolute atomic E-state index is 12.2. The van der Waals surface area contributed by atoms with Crippen molar-refractivity contribution < 1.29 is 14.3 Å². The Kier molecular flexibility index (Phi) is 17.4. The normalized spacial score (nSPS) is 11.8. The lowest BCUT2D eigenvalue weighted by atomic mass is 10.0. The smallest absolute Gasteiger partial charge is 0.328 e. The van der Waals surface area contributed by atoms with Crippen LogP contribution in [-0.2, 0) is 9.53 Å². The highest BCUT2D eigenvalue weighted by Gasteiger charge is 2.17. The van der Waals surface area contributed by atoms with Gasteiger partial charge in [-0.3, -0.25) is 4.79 Å². The van der Waals surface area contributed by atoms with E-state index in [4.69, 9.17) is 4.74 Å². The van der Waals surface area contributed by atoms with Crippen molar-refractivity contribution in [3.05, 3.63) is 35.4 Å². The van der Waals surface area contributed by atoms with Crippen molar-refractivity contribution in [2.75, 3.05) is 6.61 Å². The molecule has 4 heteroatoms. The summed E-state index contributed by atoms with van der Waals surface area (Å²) in [5.74, 6) is -0.613. The Morgan fingerprint density at radius 3 is 1.61 bits per heavy atom. The van der Waals surface area contributed by atoms with E-state index < -0.39 is 6.04 Å². The number of unbranched alkanes of at least 4 members (excludes halogenated alkanes) is 15. The molecule has 1 unspecified atom stereocenters. The first-order chi connectivity index (χ1) is 16.0. The number of nitrogens with one attached hydrogen (secondary N) is 1. The molecule has 0 aliphatic carbocycles. The van der Waals surface area contributed by atoms with Crippen molar-refractivity contribution in [1.82, 2.24) is 5.32 Å². The molecule has 0 aliphatic heterocycles. The van der Waals surface area contributed by atoms with Crippen molar-refractivity contribution in [3.63, 3.8) is 0 Å².